The summed E-state index contributed by atoms with van der Waals surface area (Å²) in [6.07, 6.45) is 0.175. The molecule has 0 aliphatic carbocycles. The van der Waals surface area contributed by atoms with Gasteiger partial charge in [-0.2, -0.15) is 0 Å². The van der Waals surface area contributed by atoms with Crippen LogP contribution in [0.1, 0.15) is 17.2 Å². The maximum absolute atomic E-state index is 13.7. The zero-order chi connectivity index (χ0) is 15.6. The quantitative estimate of drug-likeness (QED) is 0.893. The maximum Gasteiger partial charge on any atom is 0.138 e. The second kappa shape index (κ2) is 6.60. The van der Waals surface area contributed by atoms with Crippen LogP contribution in [0.5, 0.6) is 5.75 Å². The zero-order valence-corrected chi connectivity index (χ0v) is 12.7. The fourth-order valence-corrected chi connectivity index (χ4v) is 2.56. The van der Waals surface area contributed by atoms with Crippen molar-refractivity contribution in [3.63, 3.8) is 0 Å². The van der Waals surface area contributed by atoms with Gasteiger partial charge in [0.05, 0.1) is 12.1 Å². The van der Waals surface area contributed by atoms with Gasteiger partial charge in [0.25, 0.3) is 0 Å². The van der Waals surface area contributed by atoms with Crippen LogP contribution in [0.2, 0.25) is 10.0 Å². The standard InChI is InChI=1S/C15H13Cl2F2NO/c1-21-15-7-11(16)10(6-12(15)17)14(20)4-8-2-3-9(18)5-13(8)19/h2-3,5-7,14H,4,20H2,1H3. The van der Waals surface area contributed by atoms with Crippen LogP contribution in [-0.4, -0.2) is 7.11 Å². The molecule has 112 valence electrons. The monoisotopic (exact) mass is 331 g/mol. The largest absolute Gasteiger partial charge is 0.495 e. The van der Waals surface area contributed by atoms with Crippen molar-refractivity contribution in [2.45, 2.75) is 12.5 Å². The average Bonchev–Trinajstić information content (AvgIpc) is 2.43. The molecule has 2 aromatic carbocycles. The first kappa shape index (κ1) is 16.0. The lowest BCUT2D eigenvalue weighted by Gasteiger charge is -2.16. The number of hydrogen-bond donors (Lipinski definition) is 1. The molecule has 0 spiro atoms. The Bertz CT molecular complexity index is 664. The van der Waals surface area contributed by atoms with E-state index in [-0.39, 0.29) is 6.42 Å². The lowest BCUT2D eigenvalue weighted by atomic mass is 9.99. The summed E-state index contributed by atoms with van der Waals surface area (Å²) in [5.74, 6) is -0.831. The van der Waals surface area contributed by atoms with Crippen molar-refractivity contribution in [3.05, 3.63) is 63.1 Å². The second-order valence-corrected chi connectivity index (χ2v) is 5.37. The molecule has 2 nitrogen and oxygen atoms in total. The molecular weight excluding hydrogens is 319 g/mol. The summed E-state index contributed by atoms with van der Waals surface area (Å²) in [5.41, 5.74) is 6.94. The van der Waals surface area contributed by atoms with Gasteiger partial charge in [-0.25, -0.2) is 8.78 Å². The summed E-state index contributed by atoms with van der Waals surface area (Å²) in [6, 6.07) is 5.96. The molecule has 0 bridgehead atoms. The van der Waals surface area contributed by atoms with E-state index < -0.39 is 17.7 Å². The van der Waals surface area contributed by atoms with Crippen LogP contribution in [0.25, 0.3) is 0 Å². The van der Waals surface area contributed by atoms with Crippen molar-refractivity contribution < 1.29 is 13.5 Å². The van der Waals surface area contributed by atoms with Gasteiger partial charge in [-0.1, -0.05) is 29.3 Å². The molecule has 0 fully saturated rings. The molecule has 0 aliphatic heterocycles. The van der Waals surface area contributed by atoms with E-state index >= 15 is 0 Å². The van der Waals surface area contributed by atoms with Crippen LogP contribution in [0.4, 0.5) is 8.78 Å². The van der Waals surface area contributed by atoms with Gasteiger partial charge in [-0.05, 0) is 29.7 Å². The predicted octanol–water partition coefficient (Wildman–Crippen LogP) is 4.52. The smallest absolute Gasteiger partial charge is 0.138 e. The van der Waals surface area contributed by atoms with Crippen molar-refractivity contribution >= 4 is 23.2 Å². The molecular formula is C15H13Cl2F2NO. The summed E-state index contributed by atoms with van der Waals surface area (Å²) in [6.45, 7) is 0. The third-order valence-electron chi connectivity index (χ3n) is 3.13. The molecule has 21 heavy (non-hydrogen) atoms. The molecule has 0 amide bonds. The molecule has 0 heterocycles. The normalized spacial score (nSPS) is 12.3. The fourth-order valence-electron chi connectivity index (χ4n) is 2.02. The number of halogens is 4. The third kappa shape index (κ3) is 3.64. The van der Waals surface area contributed by atoms with Gasteiger partial charge in [0.15, 0.2) is 0 Å². The minimum absolute atomic E-state index is 0.175. The van der Waals surface area contributed by atoms with Gasteiger partial charge in [0.1, 0.15) is 17.4 Å². The van der Waals surface area contributed by atoms with E-state index in [4.69, 9.17) is 33.7 Å². The lowest BCUT2D eigenvalue weighted by molar-refractivity contribution is 0.415. The predicted molar refractivity (Wildman–Crippen MR) is 80.0 cm³/mol. The Morgan fingerprint density at radius 3 is 2.48 bits per heavy atom. The highest BCUT2D eigenvalue weighted by Gasteiger charge is 2.16. The molecule has 1 atom stereocenters. The number of benzene rings is 2. The van der Waals surface area contributed by atoms with E-state index in [0.29, 0.717) is 26.9 Å². The van der Waals surface area contributed by atoms with Crippen LogP contribution in [0.15, 0.2) is 30.3 Å². The molecule has 1 unspecified atom stereocenters. The van der Waals surface area contributed by atoms with E-state index in [1.807, 2.05) is 0 Å². The Labute approximate surface area is 131 Å². The fraction of sp³-hybridized carbons (Fsp3) is 0.200. The van der Waals surface area contributed by atoms with Crippen LogP contribution < -0.4 is 10.5 Å². The van der Waals surface area contributed by atoms with Gasteiger partial charge in [0.2, 0.25) is 0 Å². The molecule has 6 heteroatoms. The minimum atomic E-state index is -0.638. The zero-order valence-electron chi connectivity index (χ0n) is 11.2. The van der Waals surface area contributed by atoms with Gasteiger partial charge < -0.3 is 10.5 Å². The number of methoxy groups -OCH3 is 1. The average molecular weight is 332 g/mol. The summed E-state index contributed by atoms with van der Waals surface area (Å²) < 4.78 is 31.6. The van der Waals surface area contributed by atoms with E-state index in [1.165, 1.54) is 19.2 Å². The van der Waals surface area contributed by atoms with Crippen molar-refractivity contribution in [1.82, 2.24) is 0 Å². The Kier molecular flexibility index (Phi) is 5.04. The number of nitrogens with two attached hydrogens (primary N) is 1. The highest BCUT2D eigenvalue weighted by atomic mass is 35.5. The van der Waals surface area contributed by atoms with Crippen LogP contribution >= 0.6 is 23.2 Å². The van der Waals surface area contributed by atoms with Crippen molar-refractivity contribution in [2.24, 2.45) is 5.73 Å². The highest BCUT2D eigenvalue weighted by Crippen LogP contribution is 2.34. The summed E-state index contributed by atoms with van der Waals surface area (Å²) >= 11 is 12.2. The Morgan fingerprint density at radius 2 is 1.86 bits per heavy atom. The van der Waals surface area contributed by atoms with Gasteiger partial charge >= 0.3 is 0 Å². The van der Waals surface area contributed by atoms with Crippen molar-refractivity contribution in [3.8, 4) is 5.75 Å². The maximum atomic E-state index is 13.7. The van der Waals surface area contributed by atoms with Gasteiger partial charge in [-0.3, -0.25) is 0 Å². The van der Waals surface area contributed by atoms with E-state index in [9.17, 15) is 8.78 Å². The molecule has 0 saturated carbocycles. The van der Waals surface area contributed by atoms with E-state index in [1.54, 1.807) is 12.1 Å². The first-order valence-electron chi connectivity index (χ1n) is 6.14. The molecule has 2 N–H and O–H groups in total. The molecule has 2 aromatic rings. The highest BCUT2D eigenvalue weighted by molar-refractivity contribution is 6.34. The summed E-state index contributed by atoms with van der Waals surface area (Å²) in [5, 5.41) is 0.748. The van der Waals surface area contributed by atoms with Gasteiger partial charge in [0, 0.05) is 23.2 Å². The first-order valence-corrected chi connectivity index (χ1v) is 6.90. The van der Waals surface area contributed by atoms with E-state index in [2.05, 4.69) is 0 Å². The SMILES string of the molecule is COc1cc(Cl)c(C(N)Cc2ccc(F)cc2F)cc1Cl. The summed E-state index contributed by atoms with van der Waals surface area (Å²) in [4.78, 5) is 0. The molecule has 0 aromatic heterocycles. The Hall–Kier alpha value is -1.36. The van der Waals surface area contributed by atoms with E-state index in [0.717, 1.165) is 6.07 Å². The van der Waals surface area contributed by atoms with Crippen LogP contribution in [0.3, 0.4) is 0 Å². The topological polar surface area (TPSA) is 35.2 Å². The molecule has 0 aliphatic rings. The third-order valence-corrected chi connectivity index (χ3v) is 3.75. The first-order chi connectivity index (χ1) is 9.92. The minimum Gasteiger partial charge on any atom is -0.495 e. The lowest BCUT2D eigenvalue weighted by Crippen LogP contribution is -2.15. The number of ether oxygens (including phenoxy) is 1. The van der Waals surface area contributed by atoms with Gasteiger partial charge in [-0.15, -0.1) is 0 Å². The molecule has 2 rings (SSSR count). The second-order valence-electron chi connectivity index (χ2n) is 4.55. The van der Waals surface area contributed by atoms with Crippen molar-refractivity contribution in [2.75, 3.05) is 7.11 Å². The van der Waals surface area contributed by atoms with Crippen LogP contribution in [-0.2, 0) is 6.42 Å². The molecule has 0 radical (unpaired) electrons. The van der Waals surface area contributed by atoms with Crippen LogP contribution in [0, 0.1) is 11.6 Å². The molecule has 0 saturated heterocycles. The summed E-state index contributed by atoms with van der Waals surface area (Å²) in [7, 11) is 1.48. The Morgan fingerprint density at radius 1 is 1.14 bits per heavy atom. The Balaban J connectivity index is 2.28. The number of rotatable bonds is 4. The van der Waals surface area contributed by atoms with Crippen molar-refractivity contribution in [1.29, 1.82) is 0 Å². The number of hydrogen-bond acceptors (Lipinski definition) is 2.